The van der Waals surface area contributed by atoms with Gasteiger partial charge in [-0.05, 0) is 19.8 Å². The summed E-state index contributed by atoms with van der Waals surface area (Å²) in [6, 6.07) is 0. The molecule has 5 heteroatoms. The lowest BCUT2D eigenvalue weighted by atomic mass is 9.64. The van der Waals surface area contributed by atoms with Crippen LogP contribution in [0.3, 0.4) is 0 Å². The van der Waals surface area contributed by atoms with E-state index in [0.717, 1.165) is 0 Å². The van der Waals surface area contributed by atoms with Gasteiger partial charge in [-0.1, -0.05) is 19.8 Å². The van der Waals surface area contributed by atoms with Crippen LogP contribution in [0.15, 0.2) is 0 Å². The largest absolute Gasteiger partial charge is 0.463 e. The van der Waals surface area contributed by atoms with Crippen molar-refractivity contribution >= 4 is 17.5 Å². The normalized spacial score (nSPS) is 37.6. The lowest BCUT2D eigenvalue weighted by Gasteiger charge is -2.36. The van der Waals surface area contributed by atoms with Crippen molar-refractivity contribution in [3.05, 3.63) is 0 Å². The Morgan fingerprint density at radius 1 is 1.14 bits per heavy atom. The Labute approximate surface area is 124 Å². The predicted octanol–water partition coefficient (Wildman–Crippen LogP) is 1.14. The zero-order chi connectivity index (χ0) is 15.9. The second-order valence-electron chi connectivity index (χ2n) is 6.34. The number of Topliss-reactive ketones (excluding diaryl/α,β-unsaturated/α-hetero) is 2. The maximum absolute atomic E-state index is 12.5. The number of carbonyl (C=O) groups is 3. The fourth-order valence-corrected chi connectivity index (χ4v) is 3.71. The summed E-state index contributed by atoms with van der Waals surface area (Å²) in [4.78, 5) is 37.0. The van der Waals surface area contributed by atoms with E-state index in [2.05, 4.69) is 5.92 Å². The average molecular weight is 292 g/mol. The van der Waals surface area contributed by atoms with Gasteiger partial charge in [0.25, 0.3) is 0 Å². The van der Waals surface area contributed by atoms with Crippen molar-refractivity contribution in [2.24, 2.45) is 16.2 Å². The first-order chi connectivity index (χ1) is 9.75. The summed E-state index contributed by atoms with van der Waals surface area (Å²) >= 11 is 0. The maximum atomic E-state index is 12.5. The Kier molecular flexibility index (Phi) is 3.71. The van der Waals surface area contributed by atoms with Crippen LogP contribution in [-0.2, 0) is 23.9 Å². The van der Waals surface area contributed by atoms with Gasteiger partial charge in [-0.2, -0.15) is 0 Å². The molecule has 5 nitrogen and oxygen atoms in total. The fourth-order valence-electron chi connectivity index (χ4n) is 3.71. The Morgan fingerprint density at radius 2 is 1.67 bits per heavy atom. The van der Waals surface area contributed by atoms with Gasteiger partial charge in [0, 0.05) is 0 Å². The number of ketones is 2. The highest BCUT2D eigenvalue weighted by Gasteiger charge is 2.78. The van der Waals surface area contributed by atoms with Gasteiger partial charge in [-0.15, -0.1) is 6.42 Å². The molecule has 2 aliphatic carbocycles. The number of esters is 1. The molecular formula is C16H20O5. The van der Waals surface area contributed by atoms with E-state index in [1.807, 2.05) is 0 Å². The van der Waals surface area contributed by atoms with Crippen LogP contribution in [0.25, 0.3) is 0 Å². The molecule has 2 bridgehead atoms. The Balaban J connectivity index is 2.15. The minimum absolute atomic E-state index is 0.0602. The molecule has 0 radical (unpaired) electrons. The van der Waals surface area contributed by atoms with Gasteiger partial charge >= 0.3 is 5.97 Å². The standard InChI is InChI=1S/C16H20O5/c1-5-8-20-9-10-21-13(19)16(4)14(2)6-7-15(16,3)12(18)11(14)17/h1H,6-10H2,2-4H3. The van der Waals surface area contributed by atoms with Crippen LogP contribution in [0.4, 0.5) is 0 Å². The van der Waals surface area contributed by atoms with Crippen LogP contribution in [0.5, 0.6) is 0 Å². The molecule has 0 aliphatic heterocycles. The Morgan fingerprint density at radius 3 is 2.14 bits per heavy atom. The van der Waals surface area contributed by atoms with E-state index >= 15 is 0 Å². The van der Waals surface area contributed by atoms with E-state index in [0.29, 0.717) is 12.8 Å². The average Bonchev–Trinajstić information content (AvgIpc) is 2.74. The van der Waals surface area contributed by atoms with E-state index in [9.17, 15) is 14.4 Å². The molecule has 2 unspecified atom stereocenters. The third-order valence-corrected chi connectivity index (χ3v) is 5.60. The number of hydrogen-bond acceptors (Lipinski definition) is 5. The number of hydrogen-bond donors (Lipinski definition) is 0. The molecule has 0 heterocycles. The molecule has 2 rings (SSSR count). The van der Waals surface area contributed by atoms with Gasteiger partial charge < -0.3 is 9.47 Å². The lowest BCUT2D eigenvalue weighted by Crippen LogP contribution is -2.46. The smallest absolute Gasteiger partial charge is 0.313 e. The summed E-state index contributed by atoms with van der Waals surface area (Å²) in [5.74, 6) is 0.918. The van der Waals surface area contributed by atoms with Gasteiger partial charge in [0.2, 0.25) is 11.6 Å². The molecule has 2 fully saturated rings. The molecule has 0 aromatic carbocycles. The molecule has 0 amide bonds. The summed E-state index contributed by atoms with van der Waals surface area (Å²) < 4.78 is 10.3. The van der Waals surface area contributed by atoms with Crippen LogP contribution in [0, 0.1) is 28.6 Å². The second kappa shape index (κ2) is 4.96. The van der Waals surface area contributed by atoms with Crippen LogP contribution >= 0.6 is 0 Å². The van der Waals surface area contributed by atoms with E-state index in [4.69, 9.17) is 15.9 Å². The van der Waals surface area contributed by atoms with Gasteiger partial charge in [0.1, 0.15) is 13.2 Å². The highest BCUT2D eigenvalue weighted by molar-refractivity contribution is 6.45. The van der Waals surface area contributed by atoms with Crippen LogP contribution in [-0.4, -0.2) is 37.4 Å². The molecule has 0 spiro atoms. The highest BCUT2D eigenvalue weighted by Crippen LogP contribution is 2.69. The summed E-state index contributed by atoms with van der Waals surface area (Å²) in [7, 11) is 0. The summed E-state index contributed by atoms with van der Waals surface area (Å²) in [5.41, 5.74) is -3.04. The first-order valence-electron chi connectivity index (χ1n) is 7.03. The van der Waals surface area contributed by atoms with Gasteiger partial charge in [0.05, 0.1) is 22.9 Å². The van der Waals surface area contributed by atoms with E-state index in [1.54, 1.807) is 20.8 Å². The van der Waals surface area contributed by atoms with Gasteiger partial charge in [0.15, 0.2) is 0 Å². The lowest BCUT2D eigenvalue weighted by molar-refractivity contribution is -0.168. The van der Waals surface area contributed by atoms with Crippen molar-refractivity contribution in [2.45, 2.75) is 33.6 Å². The Hall–Kier alpha value is -1.67. The third-order valence-electron chi connectivity index (χ3n) is 5.60. The Bertz CT molecular complexity index is 515. The summed E-state index contributed by atoms with van der Waals surface area (Å²) in [6.45, 7) is 5.48. The van der Waals surface area contributed by atoms with Crippen molar-refractivity contribution in [2.75, 3.05) is 19.8 Å². The highest BCUT2D eigenvalue weighted by atomic mass is 16.6. The fraction of sp³-hybridized carbons (Fsp3) is 0.688. The zero-order valence-corrected chi connectivity index (χ0v) is 12.7. The first-order valence-corrected chi connectivity index (χ1v) is 7.03. The van der Waals surface area contributed by atoms with Crippen molar-refractivity contribution in [1.29, 1.82) is 0 Å². The van der Waals surface area contributed by atoms with Crippen molar-refractivity contribution in [3.63, 3.8) is 0 Å². The van der Waals surface area contributed by atoms with Gasteiger partial charge in [-0.25, -0.2) is 0 Å². The van der Waals surface area contributed by atoms with Crippen molar-refractivity contribution in [1.82, 2.24) is 0 Å². The predicted molar refractivity (Wildman–Crippen MR) is 74.2 cm³/mol. The minimum atomic E-state index is -1.11. The number of rotatable bonds is 5. The molecule has 2 saturated carbocycles. The second-order valence-corrected chi connectivity index (χ2v) is 6.34. The van der Waals surface area contributed by atoms with E-state index in [1.165, 1.54) is 0 Å². The topological polar surface area (TPSA) is 69.7 Å². The monoisotopic (exact) mass is 292 g/mol. The van der Waals surface area contributed by atoms with Crippen molar-refractivity contribution < 1.29 is 23.9 Å². The van der Waals surface area contributed by atoms with Crippen LogP contribution in [0.2, 0.25) is 0 Å². The molecule has 0 aromatic heterocycles. The minimum Gasteiger partial charge on any atom is -0.463 e. The van der Waals surface area contributed by atoms with Gasteiger partial charge in [-0.3, -0.25) is 14.4 Å². The SMILES string of the molecule is C#CCOCCOC(=O)C1(C)C2(C)CCC1(C)C(=O)C2=O. The van der Waals surface area contributed by atoms with Crippen molar-refractivity contribution in [3.8, 4) is 12.3 Å². The zero-order valence-electron chi connectivity index (χ0n) is 12.7. The molecule has 0 aromatic rings. The molecule has 0 N–H and O–H groups in total. The molecule has 0 saturated heterocycles. The van der Waals surface area contributed by atoms with E-state index in [-0.39, 0.29) is 19.8 Å². The molecule has 2 atom stereocenters. The maximum Gasteiger partial charge on any atom is 0.313 e. The van der Waals surface area contributed by atoms with Crippen LogP contribution in [0.1, 0.15) is 33.6 Å². The third kappa shape index (κ3) is 1.78. The number of fused-ring (bicyclic) bond motifs is 2. The van der Waals surface area contributed by atoms with E-state index < -0.39 is 33.8 Å². The summed E-state index contributed by atoms with van der Waals surface area (Å²) in [6.07, 6.45) is 6.11. The van der Waals surface area contributed by atoms with Crippen LogP contribution < -0.4 is 0 Å². The molecule has 2 aliphatic rings. The quantitative estimate of drug-likeness (QED) is 0.329. The number of carbonyl (C=O) groups excluding carboxylic acids is 3. The molecular weight excluding hydrogens is 272 g/mol. The number of ether oxygens (including phenoxy) is 2. The molecule has 114 valence electrons. The molecule has 21 heavy (non-hydrogen) atoms. The summed E-state index contributed by atoms with van der Waals surface area (Å²) in [5, 5.41) is 0. The number of terminal acetylenes is 1. The first kappa shape index (κ1) is 15.7.